The summed E-state index contributed by atoms with van der Waals surface area (Å²) in [5.41, 5.74) is 0. The van der Waals surface area contributed by atoms with E-state index < -0.39 is 0 Å². The number of hydrogen-bond donors (Lipinski definition) is 1. The number of carbonyl (C=O) groups excluding carboxylic acids is 1. The van der Waals surface area contributed by atoms with Gasteiger partial charge in [0.05, 0.1) is 8.66 Å². The van der Waals surface area contributed by atoms with Crippen LogP contribution in [0.2, 0.25) is 0 Å². The molecule has 2 saturated carbocycles. The Labute approximate surface area is 134 Å². The van der Waals surface area contributed by atoms with Crippen molar-refractivity contribution >= 4 is 49.1 Å². The molecular weight excluding hydrogens is 390 g/mol. The normalized spacial score (nSPS) is 30.6. The molecule has 1 N–H and O–H groups in total. The van der Waals surface area contributed by atoms with E-state index in [4.69, 9.17) is 0 Å². The molecule has 104 valence electrons. The molecule has 0 aromatic carbocycles. The van der Waals surface area contributed by atoms with Crippen molar-refractivity contribution in [2.24, 2.45) is 17.8 Å². The third kappa shape index (κ3) is 2.79. The van der Waals surface area contributed by atoms with Crippen LogP contribution in [-0.2, 0) is 0 Å². The Morgan fingerprint density at radius 1 is 1.42 bits per heavy atom. The summed E-state index contributed by atoms with van der Waals surface area (Å²) in [5, 5.41) is 3.19. The highest BCUT2D eigenvalue weighted by molar-refractivity contribution is 9.13. The van der Waals surface area contributed by atoms with E-state index in [1.807, 2.05) is 6.07 Å². The molecule has 2 fully saturated rings. The number of nitrogens with one attached hydrogen (secondary N) is 1. The molecule has 1 amide bonds. The fraction of sp³-hybridized carbons (Fsp3) is 0.643. The lowest BCUT2D eigenvalue weighted by molar-refractivity contribution is 0.0919. The fourth-order valence-corrected chi connectivity index (χ4v) is 5.69. The zero-order valence-electron chi connectivity index (χ0n) is 10.8. The molecule has 2 bridgehead atoms. The van der Waals surface area contributed by atoms with Crippen LogP contribution in [0.5, 0.6) is 0 Å². The average molecular weight is 407 g/mol. The van der Waals surface area contributed by atoms with Gasteiger partial charge in [-0.25, -0.2) is 0 Å². The van der Waals surface area contributed by atoms with E-state index in [1.54, 1.807) is 0 Å². The van der Waals surface area contributed by atoms with Crippen molar-refractivity contribution < 1.29 is 4.79 Å². The van der Waals surface area contributed by atoms with Crippen LogP contribution in [0.4, 0.5) is 0 Å². The second-order valence-electron chi connectivity index (χ2n) is 5.83. The average Bonchev–Trinajstić information content (AvgIpc) is 3.06. The van der Waals surface area contributed by atoms with E-state index in [-0.39, 0.29) is 5.91 Å². The van der Waals surface area contributed by atoms with Crippen molar-refractivity contribution in [3.8, 4) is 0 Å². The minimum absolute atomic E-state index is 0.0617. The van der Waals surface area contributed by atoms with Crippen molar-refractivity contribution in [3.05, 3.63) is 19.2 Å². The molecule has 0 unspecified atom stereocenters. The van der Waals surface area contributed by atoms with E-state index in [1.165, 1.54) is 37.0 Å². The van der Waals surface area contributed by atoms with Crippen LogP contribution < -0.4 is 5.32 Å². The largest absolute Gasteiger partial charge is 0.349 e. The van der Waals surface area contributed by atoms with E-state index in [0.29, 0.717) is 12.0 Å². The zero-order chi connectivity index (χ0) is 13.6. The monoisotopic (exact) mass is 405 g/mol. The van der Waals surface area contributed by atoms with Gasteiger partial charge in [0.15, 0.2) is 0 Å². The van der Waals surface area contributed by atoms with Gasteiger partial charge >= 0.3 is 0 Å². The lowest BCUT2D eigenvalue weighted by Crippen LogP contribution is -2.39. The molecule has 5 heteroatoms. The molecule has 0 aliphatic heterocycles. The summed E-state index contributed by atoms with van der Waals surface area (Å²) in [4.78, 5) is 13.0. The first-order valence-corrected chi connectivity index (χ1v) is 9.20. The summed E-state index contributed by atoms with van der Waals surface area (Å²) in [6, 6.07) is 2.18. The molecule has 1 aromatic rings. The fourth-order valence-electron chi connectivity index (χ4n) is 3.75. The summed E-state index contributed by atoms with van der Waals surface area (Å²) >= 11 is 8.34. The number of fused-ring (bicyclic) bond motifs is 2. The van der Waals surface area contributed by atoms with Gasteiger partial charge in [0.25, 0.3) is 5.91 Å². The lowest BCUT2D eigenvalue weighted by Gasteiger charge is -2.28. The molecule has 0 saturated heterocycles. The van der Waals surface area contributed by atoms with E-state index >= 15 is 0 Å². The van der Waals surface area contributed by atoms with Crippen LogP contribution >= 0.6 is 43.2 Å². The Balaban J connectivity index is 1.63. The Kier molecular flexibility index (Phi) is 4.07. The number of carbonyl (C=O) groups is 1. The van der Waals surface area contributed by atoms with Gasteiger partial charge in [-0.1, -0.05) is 6.42 Å². The van der Waals surface area contributed by atoms with Crippen LogP contribution in [0, 0.1) is 17.8 Å². The third-order valence-corrected chi connectivity index (χ3v) is 7.92. The van der Waals surface area contributed by atoms with Crippen LogP contribution in [0.15, 0.2) is 14.3 Å². The van der Waals surface area contributed by atoms with E-state index in [9.17, 15) is 4.79 Å². The van der Waals surface area contributed by atoms with Crippen LogP contribution in [0.25, 0.3) is 0 Å². The molecule has 3 rings (SSSR count). The van der Waals surface area contributed by atoms with Crippen molar-refractivity contribution in [2.75, 3.05) is 0 Å². The Hall–Kier alpha value is 0.130. The number of thiophene rings is 1. The standard InChI is InChI=1S/C14H17Br2NOS/c1-7(10-5-8-2-3-9(10)4-8)17-14(18)12-6-11(15)13(16)19-12/h6-10H,2-5H2,1H3,(H,17,18)/t7-,8-,9-,10-/m0/s1. The minimum atomic E-state index is 0.0617. The summed E-state index contributed by atoms with van der Waals surface area (Å²) in [7, 11) is 0. The van der Waals surface area contributed by atoms with Gasteiger partial charge in [-0.15, -0.1) is 11.3 Å². The Morgan fingerprint density at radius 2 is 2.21 bits per heavy atom. The maximum absolute atomic E-state index is 12.2. The molecule has 1 aromatic heterocycles. The highest BCUT2D eigenvalue weighted by atomic mass is 79.9. The third-order valence-electron chi connectivity index (χ3n) is 4.66. The maximum Gasteiger partial charge on any atom is 0.261 e. The molecule has 2 nitrogen and oxygen atoms in total. The molecule has 2 aliphatic rings. The zero-order valence-corrected chi connectivity index (χ0v) is 14.8. The minimum Gasteiger partial charge on any atom is -0.349 e. The molecule has 1 heterocycles. The Bertz CT molecular complexity index is 482. The van der Waals surface area contributed by atoms with Gasteiger partial charge in [-0.05, 0) is 81.9 Å². The number of amides is 1. The van der Waals surface area contributed by atoms with Gasteiger partial charge in [0.2, 0.25) is 0 Å². The first-order valence-electron chi connectivity index (χ1n) is 6.80. The first-order chi connectivity index (χ1) is 9.04. The summed E-state index contributed by atoms with van der Waals surface area (Å²) in [6.07, 6.45) is 5.48. The van der Waals surface area contributed by atoms with Gasteiger partial charge in [0.1, 0.15) is 0 Å². The molecular formula is C14H17Br2NOS. The van der Waals surface area contributed by atoms with Crippen LogP contribution in [0.1, 0.15) is 42.3 Å². The van der Waals surface area contributed by atoms with E-state index in [2.05, 4.69) is 44.1 Å². The van der Waals surface area contributed by atoms with E-state index in [0.717, 1.165) is 25.0 Å². The predicted molar refractivity (Wildman–Crippen MR) is 85.6 cm³/mol. The predicted octanol–water partition coefficient (Wildman–Crippen LogP) is 4.83. The number of rotatable bonds is 3. The Morgan fingerprint density at radius 3 is 2.74 bits per heavy atom. The molecule has 0 radical (unpaired) electrons. The number of hydrogen-bond acceptors (Lipinski definition) is 2. The van der Waals surface area contributed by atoms with Crippen molar-refractivity contribution in [1.82, 2.24) is 5.32 Å². The molecule has 0 spiro atoms. The first kappa shape index (κ1) is 14.1. The second-order valence-corrected chi connectivity index (χ2v) is 9.06. The second kappa shape index (κ2) is 5.49. The van der Waals surface area contributed by atoms with Crippen molar-refractivity contribution in [3.63, 3.8) is 0 Å². The molecule has 4 atom stereocenters. The lowest BCUT2D eigenvalue weighted by atomic mass is 9.84. The topological polar surface area (TPSA) is 29.1 Å². The van der Waals surface area contributed by atoms with Gasteiger partial charge in [-0.2, -0.15) is 0 Å². The maximum atomic E-state index is 12.2. The van der Waals surface area contributed by atoms with Gasteiger partial charge in [-0.3, -0.25) is 4.79 Å². The number of halogens is 2. The van der Waals surface area contributed by atoms with Gasteiger partial charge in [0, 0.05) is 10.5 Å². The molecule has 2 aliphatic carbocycles. The quantitative estimate of drug-likeness (QED) is 0.765. The van der Waals surface area contributed by atoms with Crippen molar-refractivity contribution in [2.45, 2.75) is 38.6 Å². The summed E-state index contributed by atoms with van der Waals surface area (Å²) in [5.74, 6) is 2.53. The summed E-state index contributed by atoms with van der Waals surface area (Å²) in [6.45, 7) is 2.17. The molecule has 19 heavy (non-hydrogen) atoms. The highest BCUT2D eigenvalue weighted by Gasteiger charge is 2.42. The van der Waals surface area contributed by atoms with Crippen molar-refractivity contribution in [1.29, 1.82) is 0 Å². The smallest absolute Gasteiger partial charge is 0.261 e. The van der Waals surface area contributed by atoms with Gasteiger partial charge < -0.3 is 5.32 Å². The van der Waals surface area contributed by atoms with Crippen LogP contribution in [-0.4, -0.2) is 11.9 Å². The highest BCUT2D eigenvalue weighted by Crippen LogP contribution is 2.49. The van der Waals surface area contributed by atoms with Crippen LogP contribution in [0.3, 0.4) is 0 Å². The SMILES string of the molecule is C[C@H](NC(=O)c1cc(Br)c(Br)s1)[C@@H]1C[C@H]2CC[C@H]1C2. The summed E-state index contributed by atoms with van der Waals surface area (Å²) < 4.78 is 1.93.